The van der Waals surface area contributed by atoms with Crippen LogP contribution in [0.15, 0.2) is 24.3 Å². The van der Waals surface area contributed by atoms with E-state index >= 15 is 0 Å². The van der Waals surface area contributed by atoms with Gasteiger partial charge in [0.1, 0.15) is 16.7 Å². The Labute approximate surface area is 125 Å². The molecular weight excluding hydrogens is 307 g/mol. The fourth-order valence-corrected chi connectivity index (χ4v) is 2.29. The Balaban J connectivity index is 1.89. The van der Waals surface area contributed by atoms with Crippen molar-refractivity contribution in [1.82, 2.24) is 9.97 Å². The summed E-state index contributed by atoms with van der Waals surface area (Å²) in [5.41, 5.74) is 0. The first-order chi connectivity index (χ1) is 9.11. The van der Waals surface area contributed by atoms with Crippen molar-refractivity contribution in [1.29, 1.82) is 0 Å². The van der Waals surface area contributed by atoms with Crippen LogP contribution in [0.5, 0.6) is 11.6 Å². The van der Waals surface area contributed by atoms with E-state index in [-0.39, 0.29) is 0 Å². The van der Waals surface area contributed by atoms with Crippen LogP contribution in [0, 0.1) is 0 Å². The molecule has 1 aromatic carbocycles. The molecule has 0 bridgehead atoms. The molecule has 1 aliphatic rings. The van der Waals surface area contributed by atoms with Gasteiger partial charge in [0, 0.05) is 17.0 Å². The molecule has 0 atom stereocenters. The lowest BCUT2D eigenvalue weighted by Crippen LogP contribution is -1.96. The second kappa shape index (κ2) is 5.16. The molecule has 6 heteroatoms. The van der Waals surface area contributed by atoms with Gasteiger partial charge in [-0.25, -0.2) is 4.98 Å². The van der Waals surface area contributed by atoms with E-state index in [1.807, 2.05) is 0 Å². The Morgan fingerprint density at radius 2 is 1.84 bits per heavy atom. The topological polar surface area (TPSA) is 35.0 Å². The van der Waals surface area contributed by atoms with Gasteiger partial charge in [-0.2, -0.15) is 4.98 Å². The lowest BCUT2D eigenvalue weighted by molar-refractivity contribution is 0.459. The molecule has 1 fully saturated rings. The summed E-state index contributed by atoms with van der Waals surface area (Å²) in [5, 5.41) is 1.35. The number of hydrogen-bond donors (Lipinski definition) is 0. The number of nitrogens with zero attached hydrogens (tertiary/aromatic N) is 2. The van der Waals surface area contributed by atoms with E-state index in [2.05, 4.69) is 9.97 Å². The second-order valence-corrected chi connectivity index (χ2v) is 5.57. The number of hydrogen-bond acceptors (Lipinski definition) is 3. The van der Waals surface area contributed by atoms with Gasteiger partial charge in [0.25, 0.3) is 0 Å². The largest absolute Gasteiger partial charge is 0.437 e. The van der Waals surface area contributed by atoms with Gasteiger partial charge in [-0.15, -0.1) is 0 Å². The van der Waals surface area contributed by atoms with Crippen LogP contribution in [-0.2, 0) is 0 Å². The molecular formula is C13H9Cl3N2O. The van der Waals surface area contributed by atoms with E-state index in [0.717, 1.165) is 18.7 Å². The molecule has 0 spiro atoms. The number of ether oxygens (including phenoxy) is 1. The second-order valence-electron chi connectivity index (χ2n) is 4.34. The van der Waals surface area contributed by atoms with Crippen LogP contribution in [0.25, 0.3) is 0 Å². The van der Waals surface area contributed by atoms with Crippen molar-refractivity contribution in [2.24, 2.45) is 0 Å². The highest BCUT2D eigenvalue weighted by molar-refractivity contribution is 6.35. The highest BCUT2D eigenvalue weighted by atomic mass is 35.5. The van der Waals surface area contributed by atoms with Crippen LogP contribution in [0.4, 0.5) is 0 Å². The molecule has 0 amide bonds. The maximum Gasteiger partial charge on any atom is 0.224 e. The number of rotatable bonds is 3. The summed E-state index contributed by atoms with van der Waals surface area (Å²) in [4.78, 5) is 8.54. The SMILES string of the molecule is Clc1ccc(Oc2cc(Cl)nc(C3CC3)n2)c(Cl)c1. The third-order valence-electron chi connectivity index (χ3n) is 2.74. The summed E-state index contributed by atoms with van der Waals surface area (Å²) < 4.78 is 5.64. The summed E-state index contributed by atoms with van der Waals surface area (Å²) in [6.45, 7) is 0. The first-order valence-corrected chi connectivity index (χ1v) is 6.92. The molecule has 0 aliphatic heterocycles. The Kier molecular flexibility index (Phi) is 3.52. The molecule has 1 heterocycles. The fraction of sp³-hybridized carbons (Fsp3) is 0.231. The predicted molar refractivity (Wildman–Crippen MR) is 75.6 cm³/mol. The minimum Gasteiger partial charge on any atom is -0.437 e. The van der Waals surface area contributed by atoms with E-state index in [9.17, 15) is 0 Å². The highest BCUT2D eigenvalue weighted by Crippen LogP contribution is 2.39. The molecule has 0 radical (unpaired) electrons. The minimum absolute atomic E-state index is 0.372. The molecule has 98 valence electrons. The Morgan fingerprint density at radius 1 is 1.05 bits per heavy atom. The van der Waals surface area contributed by atoms with Crippen molar-refractivity contribution in [2.75, 3.05) is 0 Å². The van der Waals surface area contributed by atoms with Crippen LogP contribution in [0.1, 0.15) is 24.6 Å². The quantitative estimate of drug-likeness (QED) is 0.739. The molecule has 3 nitrogen and oxygen atoms in total. The summed E-state index contributed by atoms with van der Waals surface area (Å²) in [5.74, 6) is 2.02. The van der Waals surface area contributed by atoms with Crippen molar-refractivity contribution in [3.8, 4) is 11.6 Å². The predicted octanol–water partition coefficient (Wildman–Crippen LogP) is 5.11. The average molecular weight is 316 g/mol. The van der Waals surface area contributed by atoms with E-state index in [0.29, 0.717) is 32.7 Å². The van der Waals surface area contributed by atoms with Gasteiger partial charge in [-0.05, 0) is 31.0 Å². The zero-order valence-electron chi connectivity index (χ0n) is 9.74. The Hall–Kier alpha value is -1.03. The smallest absolute Gasteiger partial charge is 0.224 e. The van der Waals surface area contributed by atoms with Crippen LogP contribution >= 0.6 is 34.8 Å². The molecule has 1 aliphatic carbocycles. The van der Waals surface area contributed by atoms with E-state index < -0.39 is 0 Å². The van der Waals surface area contributed by atoms with E-state index in [4.69, 9.17) is 39.5 Å². The Morgan fingerprint density at radius 3 is 2.53 bits per heavy atom. The van der Waals surface area contributed by atoms with Crippen LogP contribution in [0.3, 0.4) is 0 Å². The standard InChI is InChI=1S/C13H9Cl3N2O/c14-8-3-4-10(9(15)5-8)19-12-6-11(16)17-13(18-12)7-1-2-7/h3-7H,1-2H2. The molecule has 1 aromatic heterocycles. The van der Waals surface area contributed by atoms with Crippen molar-refractivity contribution in [2.45, 2.75) is 18.8 Å². The van der Waals surface area contributed by atoms with Gasteiger partial charge < -0.3 is 4.74 Å². The normalized spacial score (nSPS) is 14.5. The van der Waals surface area contributed by atoms with Gasteiger partial charge in [-0.3, -0.25) is 0 Å². The van der Waals surface area contributed by atoms with Gasteiger partial charge in [0.15, 0.2) is 0 Å². The molecule has 0 N–H and O–H groups in total. The number of halogens is 3. The van der Waals surface area contributed by atoms with Crippen LogP contribution in [0.2, 0.25) is 15.2 Å². The third-order valence-corrected chi connectivity index (χ3v) is 3.46. The number of aromatic nitrogens is 2. The molecule has 2 aromatic rings. The van der Waals surface area contributed by atoms with E-state index in [1.165, 1.54) is 0 Å². The average Bonchev–Trinajstić information content (AvgIpc) is 3.16. The van der Waals surface area contributed by atoms with Gasteiger partial charge in [0.05, 0.1) is 5.02 Å². The summed E-state index contributed by atoms with van der Waals surface area (Å²) in [6.07, 6.45) is 2.20. The molecule has 0 unspecified atom stereocenters. The van der Waals surface area contributed by atoms with Gasteiger partial charge in [-0.1, -0.05) is 34.8 Å². The summed E-state index contributed by atoms with van der Waals surface area (Å²) in [6, 6.07) is 6.58. The van der Waals surface area contributed by atoms with Crippen LogP contribution < -0.4 is 4.74 Å². The Bertz CT molecular complexity index is 629. The van der Waals surface area contributed by atoms with Crippen molar-refractivity contribution in [3.63, 3.8) is 0 Å². The monoisotopic (exact) mass is 314 g/mol. The summed E-state index contributed by atoms with van der Waals surface area (Å²) >= 11 is 17.8. The highest BCUT2D eigenvalue weighted by Gasteiger charge is 2.27. The first kappa shape index (κ1) is 13.0. The van der Waals surface area contributed by atoms with Crippen molar-refractivity contribution in [3.05, 3.63) is 45.3 Å². The maximum atomic E-state index is 6.05. The number of benzene rings is 1. The summed E-state index contributed by atoms with van der Waals surface area (Å²) in [7, 11) is 0. The lowest BCUT2D eigenvalue weighted by Gasteiger charge is -2.08. The minimum atomic E-state index is 0.372. The van der Waals surface area contributed by atoms with E-state index in [1.54, 1.807) is 24.3 Å². The van der Waals surface area contributed by atoms with Crippen molar-refractivity contribution >= 4 is 34.8 Å². The van der Waals surface area contributed by atoms with Crippen LogP contribution in [-0.4, -0.2) is 9.97 Å². The zero-order chi connectivity index (χ0) is 13.4. The van der Waals surface area contributed by atoms with Crippen molar-refractivity contribution < 1.29 is 4.74 Å². The third kappa shape index (κ3) is 3.11. The first-order valence-electron chi connectivity index (χ1n) is 5.79. The fourth-order valence-electron chi connectivity index (χ4n) is 1.66. The van der Waals surface area contributed by atoms with Gasteiger partial charge in [0.2, 0.25) is 5.88 Å². The molecule has 1 saturated carbocycles. The lowest BCUT2D eigenvalue weighted by atomic mass is 10.3. The maximum absolute atomic E-state index is 6.05. The molecule has 0 saturated heterocycles. The molecule has 3 rings (SSSR count). The zero-order valence-corrected chi connectivity index (χ0v) is 12.0. The van der Waals surface area contributed by atoms with Gasteiger partial charge >= 0.3 is 0 Å². The molecule has 19 heavy (non-hydrogen) atoms.